The van der Waals surface area contributed by atoms with Crippen molar-refractivity contribution in [3.8, 4) is 11.5 Å². The Morgan fingerprint density at radius 2 is 1.77 bits per heavy atom. The van der Waals surface area contributed by atoms with Crippen molar-refractivity contribution >= 4 is 27.3 Å². The standard InChI is InChI=1S/C21H28N4O5S/c1-24(2)21(26)17-13-15(5-7-18(17)25-11-9-22-10-12-25)23-31(27,28)20-14-16(29-3)6-8-19(20)30-4/h5-8,13-14,22-23H,9-12H2,1-4H3. The third-order valence-corrected chi connectivity index (χ3v) is 6.41. The first-order chi connectivity index (χ1) is 14.8. The van der Waals surface area contributed by atoms with Crippen molar-refractivity contribution in [3.63, 3.8) is 0 Å². The summed E-state index contributed by atoms with van der Waals surface area (Å²) >= 11 is 0. The van der Waals surface area contributed by atoms with Crippen molar-refractivity contribution in [2.45, 2.75) is 4.90 Å². The van der Waals surface area contributed by atoms with Gasteiger partial charge in [-0.1, -0.05) is 0 Å². The molecule has 2 N–H and O–H groups in total. The lowest BCUT2D eigenvalue weighted by Crippen LogP contribution is -2.44. The maximum atomic E-state index is 13.1. The second-order valence-electron chi connectivity index (χ2n) is 7.29. The predicted octanol–water partition coefficient (Wildman–Crippen LogP) is 1.62. The number of carbonyl (C=O) groups excluding carboxylic acids is 1. The molecule has 1 saturated heterocycles. The van der Waals surface area contributed by atoms with Crippen LogP contribution in [-0.4, -0.2) is 73.7 Å². The number of hydrogen-bond acceptors (Lipinski definition) is 7. The average molecular weight is 449 g/mol. The Morgan fingerprint density at radius 3 is 2.39 bits per heavy atom. The number of ether oxygens (including phenoxy) is 2. The summed E-state index contributed by atoms with van der Waals surface area (Å²) in [6.45, 7) is 3.17. The minimum atomic E-state index is -3.99. The zero-order valence-corrected chi connectivity index (χ0v) is 19.0. The lowest BCUT2D eigenvalue weighted by molar-refractivity contribution is 0.0828. The van der Waals surface area contributed by atoms with Gasteiger partial charge in [-0.3, -0.25) is 9.52 Å². The summed E-state index contributed by atoms with van der Waals surface area (Å²) in [4.78, 5) is 16.4. The Hall–Kier alpha value is -2.98. The van der Waals surface area contributed by atoms with Crippen molar-refractivity contribution in [1.29, 1.82) is 0 Å². The van der Waals surface area contributed by atoms with Gasteiger partial charge in [-0.05, 0) is 30.3 Å². The van der Waals surface area contributed by atoms with Crippen LogP contribution in [0.3, 0.4) is 0 Å². The molecule has 3 rings (SSSR count). The summed E-state index contributed by atoms with van der Waals surface area (Å²) in [5, 5.41) is 3.29. The highest BCUT2D eigenvalue weighted by Gasteiger charge is 2.24. The SMILES string of the molecule is COc1ccc(OC)c(S(=O)(=O)Nc2ccc(N3CCNCC3)c(C(=O)N(C)C)c2)c1. The van der Waals surface area contributed by atoms with Crippen molar-refractivity contribution < 1.29 is 22.7 Å². The smallest absolute Gasteiger partial charge is 0.265 e. The number of piperazine rings is 1. The quantitative estimate of drug-likeness (QED) is 0.664. The average Bonchev–Trinajstić information content (AvgIpc) is 2.78. The zero-order valence-electron chi connectivity index (χ0n) is 18.1. The number of benzene rings is 2. The van der Waals surface area contributed by atoms with Crippen LogP contribution >= 0.6 is 0 Å². The van der Waals surface area contributed by atoms with Crippen LogP contribution in [0.1, 0.15) is 10.4 Å². The van der Waals surface area contributed by atoms with Gasteiger partial charge in [0.2, 0.25) is 0 Å². The molecule has 0 aliphatic carbocycles. The van der Waals surface area contributed by atoms with Gasteiger partial charge in [-0.25, -0.2) is 8.42 Å². The molecule has 9 nitrogen and oxygen atoms in total. The second kappa shape index (κ2) is 9.44. The fourth-order valence-electron chi connectivity index (χ4n) is 3.40. The van der Waals surface area contributed by atoms with E-state index in [0.29, 0.717) is 11.3 Å². The molecule has 2 aromatic carbocycles. The van der Waals surface area contributed by atoms with Crippen molar-refractivity contribution in [2.24, 2.45) is 0 Å². The molecule has 10 heteroatoms. The molecule has 1 aliphatic rings. The molecule has 168 valence electrons. The summed E-state index contributed by atoms with van der Waals surface area (Å²) in [6, 6.07) is 9.55. The number of sulfonamides is 1. The fraction of sp³-hybridized carbons (Fsp3) is 0.381. The molecule has 0 spiro atoms. The monoisotopic (exact) mass is 448 g/mol. The summed E-state index contributed by atoms with van der Waals surface area (Å²) < 4.78 is 39.1. The first-order valence-electron chi connectivity index (χ1n) is 9.83. The number of nitrogens with one attached hydrogen (secondary N) is 2. The second-order valence-corrected chi connectivity index (χ2v) is 8.94. The Kier molecular flexibility index (Phi) is 6.91. The van der Waals surface area contributed by atoms with E-state index in [1.54, 1.807) is 38.4 Å². The maximum Gasteiger partial charge on any atom is 0.265 e. The Labute approximate surface area is 183 Å². The number of amides is 1. The van der Waals surface area contributed by atoms with Gasteiger partial charge in [-0.2, -0.15) is 0 Å². The van der Waals surface area contributed by atoms with Crippen LogP contribution in [0.5, 0.6) is 11.5 Å². The normalized spacial score (nSPS) is 14.1. The molecule has 31 heavy (non-hydrogen) atoms. The summed E-state index contributed by atoms with van der Waals surface area (Å²) in [5.74, 6) is 0.377. The molecule has 0 atom stereocenters. The van der Waals surface area contributed by atoms with Crippen molar-refractivity contribution in [2.75, 3.05) is 64.1 Å². The Balaban J connectivity index is 1.99. The predicted molar refractivity (Wildman–Crippen MR) is 120 cm³/mol. The number of hydrogen-bond donors (Lipinski definition) is 2. The van der Waals surface area contributed by atoms with Crippen LogP contribution in [0.4, 0.5) is 11.4 Å². The van der Waals surface area contributed by atoms with Crippen LogP contribution in [0.15, 0.2) is 41.3 Å². The first-order valence-corrected chi connectivity index (χ1v) is 11.3. The van der Waals surface area contributed by atoms with Crippen LogP contribution in [-0.2, 0) is 10.0 Å². The zero-order chi connectivity index (χ0) is 22.6. The van der Waals surface area contributed by atoms with E-state index in [0.717, 1.165) is 31.9 Å². The first kappa shape index (κ1) is 22.7. The van der Waals surface area contributed by atoms with Crippen LogP contribution in [0, 0.1) is 0 Å². The van der Waals surface area contributed by atoms with E-state index >= 15 is 0 Å². The minimum Gasteiger partial charge on any atom is -0.497 e. The van der Waals surface area contributed by atoms with E-state index in [2.05, 4.69) is 14.9 Å². The van der Waals surface area contributed by atoms with Gasteiger partial charge in [0, 0.05) is 57.7 Å². The number of rotatable bonds is 7. The van der Waals surface area contributed by atoms with Crippen molar-refractivity contribution in [3.05, 3.63) is 42.0 Å². The molecule has 0 unspecified atom stereocenters. The van der Waals surface area contributed by atoms with E-state index in [-0.39, 0.29) is 22.2 Å². The molecule has 1 fully saturated rings. The van der Waals surface area contributed by atoms with E-state index in [9.17, 15) is 13.2 Å². The third kappa shape index (κ3) is 5.02. The molecular weight excluding hydrogens is 420 g/mol. The molecule has 0 saturated carbocycles. The molecule has 1 heterocycles. The molecule has 2 aromatic rings. The van der Waals surface area contributed by atoms with Gasteiger partial charge in [0.25, 0.3) is 15.9 Å². The Morgan fingerprint density at radius 1 is 1.06 bits per heavy atom. The highest BCUT2D eigenvalue weighted by atomic mass is 32.2. The molecule has 0 bridgehead atoms. The summed E-state index contributed by atoms with van der Waals surface area (Å²) in [6.07, 6.45) is 0. The van der Waals surface area contributed by atoms with Gasteiger partial charge in [-0.15, -0.1) is 0 Å². The lowest BCUT2D eigenvalue weighted by atomic mass is 10.1. The van der Waals surface area contributed by atoms with E-state index < -0.39 is 10.0 Å². The number of nitrogens with zero attached hydrogens (tertiary/aromatic N) is 2. The van der Waals surface area contributed by atoms with Gasteiger partial charge < -0.3 is 24.6 Å². The summed E-state index contributed by atoms with van der Waals surface area (Å²) in [5.41, 5.74) is 1.50. The van der Waals surface area contributed by atoms with Crippen LogP contribution in [0.2, 0.25) is 0 Å². The lowest BCUT2D eigenvalue weighted by Gasteiger charge is -2.31. The van der Waals surface area contributed by atoms with Gasteiger partial charge >= 0.3 is 0 Å². The van der Waals surface area contributed by atoms with Gasteiger partial charge in [0.1, 0.15) is 16.4 Å². The molecule has 0 radical (unpaired) electrons. The van der Waals surface area contributed by atoms with Crippen LogP contribution in [0.25, 0.3) is 0 Å². The fourth-order valence-corrected chi connectivity index (χ4v) is 4.63. The number of methoxy groups -OCH3 is 2. The number of anilines is 2. The summed E-state index contributed by atoms with van der Waals surface area (Å²) in [7, 11) is 2.20. The van der Waals surface area contributed by atoms with E-state index in [1.165, 1.54) is 31.3 Å². The van der Waals surface area contributed by atoms with E-state index in [1.807, 2.05) is 0 Å². The molecular formula is C21H28N4O5S. The largest absolute Gasteiger partial charge is 0.497 e. The third-order valence-electron chi connectivity index (χ3n) is 5.00. The van der Waals surface area contributed by atoms with Crippen molar-refractivity contribution in [1.82, 2.24) is 10.2 Å². The topological polar surface area (TPSA) is 100 Å². The maximum absolute atomic E-state index is 13.1. The van der Waals surface area contributed by atoms with E-state index in [4.69, 9.17) is 9.47 Å². The highest BCUT2D eigenvalue weighted by Crippen LogP contribution is 2.31. The Bertz CT molecular complexity index is 1050. The minimum absolute atomic E-state index is 0.0546. The molecule has 1 aliphatic heterocycles. The van der Waals surface area contributed by atoms with Gasteiger partial charge in [0.05, 0.1) is 19.8 Å². The molecule has 0 aromatic heterocycles. The number of carbonyl (C=O) groups is 1. The van der Waals surface area contributed by atoms with Crippen LogP contribution < -0.4 is 24.4 Å². The van der Waals surface area contributed by atoms with Gasteiger partial charge in [0.15, 0.2) is 0 Å². The highest BCUT2D eigenvalue weighted by molar-refractivity contribution is 7.92. The molecule has 1 amide bonds.